The van der Waals surface area contributed by atoms with E-state index in [-0.39, 0.29) is 18.4 Å². The number of aromatic nitrogens is 2. The molecule has 6 heteroatoms. The molecule has 1 fully saturated rings. The summed E-state index contributed by atoms with van der Waals surface area (Å²) < 4.78 is 0. The monoisotopic (exact) mass is 234 g/mol. The highest BCUT2D eigenvalue weighted by atomic mass is 16.2. The van der Waals surface area contributed by atoms with Gasteiger partial charge in [0.25, 0.3) is 5.91 Å². The molecule has 1 aliphatic rings. The molecule has 0 spiro atoms. The first-order valence-electron chi connectivity index (χ1n) is 5.45. The Morgan fingerprint density at radius 3 is 2.88 bits per heavy atom. The average molecular weight is 234 g/mol. The molecule has 1 N–H and O–H groups in total. The van der Waals surface area contributed by atoms with Crippen molar-refractivity contribution in [3.8, 4) is 0 Å². The molecule has 1 aromatic heterocycles. The molecule has 0 radical (unpaired) electrons. The highest BCUT2D eigenvalue weighted by Crippen LogP contribution is 2.10. The molecule has 0 aliphatic carbocycles. The second-order valence-corrected chi connectivity index (χ2v) is 4.06. The standard InChI is InChI=1S/C11H14N4O2/c1-7-5-9(8(2)14-13-7)11(17)15-4-3-12-10(16)6-15/h5H,3-4,6H2,1-2H3,(H,12,16). The van der Waals surface area contributed by atoms with Crippen LogP contribution in [0.3, 0.4) is 0 Å². The second kappa shape index (κ2) is 4.48. The van der Waals surface area contributed by atoms with Crippen LogP contribution in [0.5, 0.6) is 0 Å². The van der Waals surface area contributed by atoms with E-state index in [0.717, 1.165) is 0 Å². The Bertz CT molecular complexity index is 473. The predicted molar refractivity (Wildman–Crippen MR) is 60.4 cm³/mol. The Morgan fingerprint density at radius 2 is 2.18 bits per heavy atom. The quantitative estimate of drug-likeness (QED) is 0.721. The third-order valence-corrected chi connectivity index (χ3v) is 2.66. The van der Waals surface area contributed by atoms with Gasteiger partial charge in [-0.15, -0.1) is 0 Å². The zero-order valence-corrected chi connectivity index (χ0v) is 9.86. The van der Waals surface area contributed by atoms with E-state index in [9.17, 15) is 9.59 Å². The van der Waals surface area contributed by atoms with Gasteiger partial charge in [0.05, 0.1) is 23.5 Å². The summed E-state index contributed by atoms with van der Waals surface area (Å²) in [6.45, 7) is 4.67. The molecule has 1 aromatic rings. The first-order chi connectivity index (χ1) is 8.08. The summed E-state index contributed by atoms with van der Waals surface area (Å²) in [5, 5.41) is 10.5. The first kappa shape index (κ1) is 11.5. The minimum Gasteiger partial charge on any atom is -0.353 e. The van der Waals surface area contributed by atoms with E-state index in [1.807, 2.05) is 0 Å². The third-order valence-electron chi connectivity index (χ3n) is 2.66. The lowest BCUT2D eigenvalue weighted by molar-refractivity contribution is -0.123. The van der Waals surface area contributed by atoms with Crippen LogP contribution in [-0.2, 0) is 4.79 Å². The van der Waals surface area contributed by atoms with Crippen LogP contribution in [0.25, 0.3) is 0 Å². The van der Waals surface area contributed by atoms with Gasteiger partial charge in [0, 0.05) is 13.1 Å². The number of nitrogens with zero attached hydrogens (tertiary/aromatic N) is 3. The highest BCUT2D eigenvalue weighted by Gasteiger charge is 2.23. The molecule has 17 heavy (non-hydrogen) atoms. The smallest absolute Gasteiger partial charge is 0.256 e. The van der Waals surface area contributed by atoms with Gasteiger partial charge in [0.1, 0.15) is 0 Å². The molecular weight excluding hydrogens is 220 g/mol. The van der Waals surface area contributed by atoms with Crippen molar-refractivity contribution in [2.24, 2.45) is 0 Å². The lowest BCUT2D eigenvalue weighted by Gasteiger charge is -2.27. The van der Waals surface area contributed by atoms with Crippen LogP contribution in [0, 0.1) is 13.8 Å². The summed E-state index contributed by atoms with van der Waals surface area (Å²) >= 11 is 0. The van der Waals surface area contributed by atoms with Gasteiger partial charge in [0.2, 0.25) is 5.91 Å². The van der Waals surface area contributed by atoms with Crippen molar-refractivity contribution >= 4 is 11.8 Å². The normalized spacial score (nSPS) is 15.6. The van der Waals surface area contributed by atoms with Gasteiger partial charge in [-0.05, 0) is 19.9 Å². The largest absolute Gasteiger partial charge is 0.353 e. The minimum atomic E-state index is -0.157. The van der Waals surface area contributed by atoms with Crippen molar-refractivity contribution < 1.29 is 9.59 Å². The van der Waals surface area contributed by atoms with E-state index in [1.165, 1.54) is 4.90 Å². The Labute approximate surface area is 99.0 Å². The molecule has 6 nitrogen and oxygen atoms in total. The van der Waals surface area contributed by atoms with Crippen molar-refractivity contribution in [2.75, 3.05) is 19.6 Å². The molecule has 0 saturated carbocycles. The predicted octanol–water partition coefficient (Wildman–Crippen LogP) is -0.335. The van der Waals surface area contributed by atoms with Crippen molar-refractivity contribution in [1.29, 1.82) is 0 Å². The van der Waals surface area contributed by atoms with E-state index in [2.05, 4.69) is 15.5 Å². The van der Waals surface area contributed by atoms with Gasteiger partial charge in [0.15, 0.2) is 0 Å². The molecule has 90 valence electrons. The van der Waals surface area contributed by atoms with E-state index in [1.54, 1.807) is 19.9 Å². The Balaban J connectivity index is 2.24. The number of amides is 2. The lowest BCUT2D eigenvalue weighted by atomic mass is 10.1. The summed E-state index contributed by atoms with van der Waals surface area (Å²) in [5.41, 5.74) is 1.80. The van der Waals surface area contributed by atoms with Crippen LogP contribution in [0.1, 0.15) is 21.7 Å². The van der Waals surface area contributed by atoms with Crippen LogP contribution < -0.4 is 5.32 Å². The molecule has 2 rings (SSSR count). The number of nitrogens with one attached hydrogen (secondary N) is 1. The van der Waals surface area contributed by atoms with Gasteiger partial charge < -0.3 is 10.2 Å². The summed E-state index contributed by atoms with van der Waals surface area (Å²) in [5.74, 6) is -0.281. The summed E-state index contributed by atoms with van der Waals surface area (Å²) in [4.78, 5) is 25.0. The summed E-state index contributed by atoms with van der Waals surface area (Å²) in [7, 11) is 0. The number of hydrogen-bond donors (Lipinski definition) is 1. The Kier molecular flexibility index (Phi) is 3.03. The van der Waals surface area contributed by atoms with Crippen LogP contribution in [0.2, 0.25) is 0 Å². The van der Waals surface area contributed by atoms with Crippen molar-refractivity contribution in [2.45, 2.75) is 13.8 Å². The minimum absolute atomic E-state index is 0.111. The van der Waals surface area contributed by atoms with Gasteiger partial charge in [-0.2, -0.15) is 10.2 Å². The van der Waals surface area contributed by atoms with Crippen LogP contribution in [0.4, 0.5) is 0 Å². The maximum Gasteiger partial charge on any atom is 0.256 e. The fourth-order valence-electron chi connectivity index (χ4n) is 1.75. The van der Waals surface area contributed by atoms with E-state index in [0.29, 0.717) is 30.0 Å². The fourth-order valence-corrected chi connectivity index (χ4v) is 1.75. The number of hydrogen-bond acceptors (Lipinski definition) is 4. The van der Waals surface area contributed by atoms with E-state index < -0.39 is 0 Å². The molecule has 2 amide bonds. The second-order valence-electron chi connectivity index (χ2n) is 4.06. The molecule has 1 aliphatic heterocycles. The van der Waals surface area contributed by atoms with Crippen molar-refractivity contribution in [1.82, 2.24) is 20.4 Å². The van der Waals surface area contributed by atoms with Gasteiger partial charge in [-0.1, -0.05) is 0 Å². The third kappa shape index (κ3) is 2.41. The Morgan fingerprint density at radius 1 is 1.41 bits per heavy atom. The number of rotatable bonds is 1. The number of aryl methyl sites for hydroxylation is 2. The fraction of sp³-hybridized carbons (Fsp3) is 0.455. The lowest BCUT2D eigenvalue weighted by Crippen LogP contribution is -2.50. The number of piperazine rings is 1. The molecular formula is C11H14N4O2. The highest BCUT2D eigenvalue weighted by molar-refractivity contribution is 5.97. The molecule has 1 saturated heterocycles. The van der Waals surface area contributed by atoms with Gasteiger partial charge in [-0.3, -0.25) is 9.59 Å². The van der Waals surface area contributed by atoms with Crippen LogP contribution in [0.15, 0.2) is 6.07 Å². The first-order valence-corrected chi connectivity index (χ1v) is 5.45. The molecule has 0 unspecified atom stereocenters. The van der Waals surface area contributed by atoms with Crippen LogP contribution in [-0.4, -0.2) is 46.5 Å². The molecule has 2 heterocycles. The Hall–Kier alpha value is -1.98. The SMILES string of the molecule is Cc1cc(C(=O)N2CCNC(=O)C2)c(C)nn1. The maximum absolute atomic E-state index is 12.2. The molecule has 0 atom stereocenters. The number of carbonyl (C=O) groups is 2. The number of carbonyl (C=O) groups excluding carboxylic acids is 2. The summed E-state index contributed by atoms with van der Waals surface area (Å²) in [6, 6.07) is 1.71. The topological polar surface area (TPSA) is 75.2 Å². The van der Waals surface area contributed by atoms with Crippen molar-refractivity contribution in [3.05, 3.63) is 23.0 Å². The maximum atomic E-state index is 12.2. The molecule has 0 bridgehead atoms. The van der Waals surface area contributed by atoms with Gasteiger partial charge in [-0.25, -0.2) is 0 Å². The zero-order valence-electron chi connectivity index (χ0n) is 9.86. The van der Waals surface area contributed by atoms with E-state index in [4.69, 9.17) is 0 Å². The van der Waals surface area contributed by atoms with E-state index >= 15 is 0 Å². The average Bonchev–Trinajstić information content (AvgIpc) is 2.31. The zero-order chi connectivity index (χ0) is 12.4. The van der Waals surface area contributed by atoms with Crippen molar-refractivity contribution in [3.63, 3.8) is 0 Å². The summed E-state index contributed by atoms with van der Waals surface area (Å²) in [6.07, 6.45) is 0. The van der Waals surface area contributed by atoms with Crippen LogP contribution >= 0.6 is 0 Å². The van der Waals surface area contributed by atoms with Gasteiger partial charge >= 0.3 is 0 Å². The molecule has 0 aromatic carbocycles.